The minimum absolute atomic E-state index is 0.141. The van der Waals surface area contributed by atoms with Gasteiger partial charge in [0.25, 0.3) is 5.89 Å². The average molecular weight is 263 g/mol. The van der Waals surface area contributed by atoms with Crippen molar-refractivity contribution in [2.75, 3.05) is 0 Å². The number of carbonyl (C=O) groups excluding carboxylic acids is 1. The smallest absolute Gasteiger partial charge is 0.263 e. The highest BCUT2D eigenvalue weighted by Gasteiger charge is 2.18. The van der Waals surface area contributed by atoms with Crippen molar-refractivity contribution in [1.82, 2.24) is 4.98 Å². The maximum Gasteiger partial charge on any atom is 0.263 e. The van der Waals surface area contributed by atoms with Gasteiger partial charge in [0.2, 0.25) is 5.78 Å². The lowest BCUT2D eigenvalue weighted by Crippen LogP contribution is -1.90. The number of aromatic nitrogens is 1. The lowest BCUT2D eigenvalue weighted by atomic mass is 10.1. The first-order valence-corrected chi connectivity index (χ1v) is 6.38. The van der Waals surface area contributed by atoms with Crippen molar-refractivity contribution in [3.63, 3.8) is 0 Å². The Kier molecular flexibility index (Phi) is 3.17. The van der Waals surface area contributed by atoms with E-state index in [1.807, 2.05) is 60.7 Å². The Morgan fingerprint density at radius 3 is 2.00 bits per heavy atom. The van der Waals surface area contributed by atoms with Crippen molar-refractivity contribution in [2.45, 2.75) is 6.92 Å². The topological polar surface area (TPSA) is 43.1 Å². The molecule has 3 heteroatoms. The van der Waals surface area contributed by atoms with Crippen LogP contribution in [0, 0.1) is 0 Å². The van der Waals surface area contributed by atoms with Crippen LogP contribution >= 0.6 is 0 Å². The van der Waals surface area contributed by atoms with Gasteiger partial charge in [0.1, 0.15) is 5.69 Å². The molecule has 0 amide bonds. The molecule has 1 aromatic heterocycles. The second-order valence-electron chi connectivity index (χ2n) is 4.48. The molecule has 20 heavy (non-hydrogen) atoms. The van der Waals surface area contributed by atoms with E-state index in [0.717, 1.165) is 11.1 Å². The minimum Gasteiger partial charge on any atom is -0.433 e. The Morgan fingerprint density at radius 2 is 1.45 bits per heavy atom. The molecule has 3 aromatic rings. The maximum absolute atomic E-state index is 11.5. The molecule has 3 rings (SSSR count). The van der Waals surface area contributed by atoms with E-state index < -0.39 is 0 Å². The zero-order valence-electron chi connectivity index (χ0n) is 11.0. The monoisotopic (exact) mass is 263 g/mol. The van der Waals surface area contributed by atoms with Crippen molar-refractivity contribution in [1.29, 1.82) is 0 Å². The molecule has 1 heterocycles. The summed E-state index contributed by atoms with van der Waals surface area (Å²) in [5.41, 5.74) is 2.54. The Labute approximate surface area is 116 Å². The van der Waals surface area contributed by atoms with Crippen molar-refractivity contribution in [3.8, 4) is 22.6 Å². The van der Waals surface area contributed by atoms with Gasteiger partial charge in [-0.25, -0.2) is 4.98 Å². The standard InChI is InChI=1S/C17H13NO2/c1-12(19)17-18-15(13-8-4-2-5-9-13)16(20-17)14-10-6-3-7-11-14/h2-11H,1H3. The van der Waals surface area contributed by atoms with E-state index in [2.05, 4.69) is 4.98 Å². The first-order valence-electron chi connectivity index (χ1n) is 6.38. The van der Waals surface area contributed by atoms with Gasteiger partial charge in [-0.2, -0.15) is 0 Å². The Morgan fingerprint density at radius 1 is 0.900 bits per heavy atom. The second kappa shape index (κ2) is 5.13. The zero-order chi connectivity index (χ0) is 13.9. The molecule has 0 unspecified atom stereocenters. The third-order valence-corrected chi connectivity index (χ3v) is 3.01. The quantitative estimate of drug-likeness (QED) is 0.665. The molecule has 0 fully saturated rings. The van der Waals surface area contributed by atoms with Crippen LogP contribution in [0.5, 0.6) is 0 Å². The lowest BCUT2D eigenvalue weighted by Gasteiger charge is -2.00. The lowest BCUT2D eigenvalue weighted by molar-refractivity contribution is 0.0981. The van der Waals surface area contributed by atoms with Crippen LogP contribution in [-0.2, 0) is 0 Å². The molecule has 0 aliphatic rings. The highest BCUT2D eigenvalue weighted by molar-refractivity contribution is 5.91. The third-order valence-electron chi connectivity index (χ3n) is 3.01. The number of hydrogen-bond donors (Lipinski definition) is 0. The number of carbonyl (C=O) groups is 1. The molecule has 0 aliphatic heterocycles. The molecule has 0 bridgehead atoms. The maximum atomic E-state index is 11.5. The van der Waals surface area contributed by atoms with E-state index in [0.29, 0.717) is 11.5 Å². The Balaban J connectivity index is 2.20. The second-order valence-corrected chi connectivity index (χ2v) is 4.48. The van der Waals surface area contributed by atoms with Gasteiger partial charge < -0.3 is 4.42 Å². The van der Waals surface area contributed by atoms with Crippen LogP contribution in [-0.4, -0.2) is 10.8 Å². The van der Waals surface area contributed by atoms with Gasteiger partial charge in [0.05, 0.1) is 0 Å². The summed E-state index contributed by atoms with van der Waals surface area (Å²) in [4.78, 5) is 15.9. The highest BCUT2D eigenvalue weighted by Crippen LogP contribution is 2.32. The number of benzene rings is 2. The molecule has 0 saturated heterocycles. The fraction of sp³-hybridized carbons (Fsp3) is 0.0588. The summed E-state index contributed by atoms with van der Waals surface area (Å²) in [6.45, 7) is 1.45. The molecule has 0 aliphatic carbocycles. The number of rotatable bonds is 3. The van der Waals surface area contributed by atoms with Crippen molar-refractivity contribution in [3.05, 3.63) is 66.6 Å². The van der Waals surface area contributed by atoms with Crippen LogP contribution in [0.4, 0.5) is 0 Å². The van der Waals surface area contributed by atoms with Crippen LogP contribution in [0.25, 0.3) is 22.6 Å². The Hall–Kier alpha value is -2.68. The normalized spacial score (nSPS) is 10.4. The SMILES string of the molecule is CC(=O)c1nc(-c2ccccc2)c(-c2ccccc2)o1. The first-order chi connectivity index (χ1) is 9.75. The van der Waals surface area contributed by atoms with Crippen molar-refractivity contribution >= 4 is 5.78 Å². The van der Waals surface area contributed by atoms with Gasteiger partial charge in [0.15, 0.2) is 5.76 Å². The van der Waals surface area contributed by atoms with Crippen LogP contribution in [0.1, 0.15) is 17.6 Å². The summed E-state index contributed by atoms with van der Waals surface area (Å²) in [6, 6.07) is 19.4. The van der Waals surface area contributed by atoms with E-state index in [9.17, 15) is 4.79 Å². The Bertz CT molecular complexity index is 673. The third kappa shape index (κ3) is 2.26. The number of Topliss-reactive ketones (excluding diaryl/α,β-unsaturated/α-hetero) is 1. The van der Waals surface area contributed by atoms with E-state index in [4.69, 9.17) is 4.42 Å². The van der Waals surface area contributed by atoms with Crippen LogP contribution in [0.2, 0.25) is 0 Å². The summed E-state index contributed by atoms with van der Waals surface area (Å²) in [5.74, 6) is 0.592. The van der Waals surface area contributed by atoms with Crippen LogP contribution < -0.4 is 0 Å². The summed E-state index contributed by atoms with van der Waals surface area (Å²) >= 11 is 0. The van der Waals surface area contributed by atoms with Gasteiger partial charge >= 0.3 is 0 Å². The van der Waals surface area contributed by atoms with Gasteiger partial charge in [-0.3, -0.25) is 4.79 Å². The zero-order valence-corrected chi connectivity index (χ0v) is 11.0. The highest BCUT2D eigenvalue weighted by atomic mass is 16.4. The minimum atomic E-state index is -0.177. The van der Waals surface area contributed by atoms with E-state index in [1.54, 1.807) is 0 Å². The average Bonchev–Trinajstić information content (AvgIpc) is 2.94. The molecule has 0 spiro atoms. The predicted octanol–water partition coefficient (Wildman–Crippen LogP) is 4.21. The van der Waals surface area contributed by atoms with Crippen LogP contribution in [0.15, 0.2) is 65.1 Å². The molecule has 0 N–H and O–H groups in total. The number of oxazole rings is 1. The molecular formula is C17H13NO2. The number of ketones is 1. The molecular weight excluding hydrogens is 250 g/mol. The number of nitrogens with zero attached hydrogens (tertiary/aromatic N) is 1. The summed E-state index contributed by atoms with van der Waals surface area (Å²) in [5, 5.41) is 0. The fourth-order valence-corrected chi connectivity index (χ4v) is 2.05. The van der Waals surface area contributed by atoms with E-state index >= 15 is 0 Å². The molecule has 0 atom stereocenters. The molecule has 0 saturated carbocycles. The van der Waals surface area contributed by atoms with Gasteiger partial charge in [-0.15, -0.1) is 0 Å². The summed E-state index contributed by atoms with van der Waals surface area (Å²) in [6.07, 6.45) is 0. The van der Waals surface area contributed by atoms with Crippen LogP contribution in [0.3, 0.4) is 0 Å². The number of hydrogen-bond acceptors (Lipinski definition) is 3. The first kappa shape index (κ1) is 12.4. The van der Waals surface area contributed by atoms with E-state index in [-0.39, 0.29) is 11.7 Å². The largest absolute Gasteiger partial charge is 0.433 e. The van der Waals surface area contributed by atoms with Crippen molar-refractivity contribution < 1.29 is 9.21 Å². The van der Waals surface area contributed by atoms with Gasteiger partial charge in [-0.1, -0.05) is 60.7 Å². The molecule has 2 aromatic carbocycles. The predicted molar refractivity (Wildman–Crippen MR) is 77.4 cm³/mol. The molecule has 3 nitrogen and oxygen atoms in total. The van der Waals surface area contributed by atoms with Gasteiger partial charge in [-0.05, 0) is 0 Å². The summed E-state index contributed by atoms with van der Waals surface area (Å²) < 4.78 is 5.66. The van der Waals surface area contributed by atoms with Gasteiger partial charge in [0, 0.05) is 18.1 Å². The van der Waals surface area contributed by atoms with Crippen molar-refractivity contribution in [2.24, 2.45) is 0 Å². The fourth-order valence-electron chi connectivity index (χ4n) is 2.05. The molecule has 98 valence electrons. The summed E-state index contributed by atoms with van der Waals surface area (Å²) in [7, 11) is 0. The van der Waals surface area contributed by atoms with E-state index in [1.165, 1.54) is 6.92 Å². The molecule has 0 radical (unpaired) electrons.